The molecule has 6 aromatic carbocycles. The quantitative estimate of drug-likeness (QED) is 0.165. The summed E-state index contributed by atoms with van der Waals surface area (Å²) in [5.74, 6) is 0. The maximum Gasteiger partial charge on any atom is 0.0775 e. The highest BCUT2D eigenvalue weighted by atomic mass is 28.3. The van der Waals surface area contributed by atoms with Gasteiger partial charge in [0, 0.05) is 22.5 Å². The fourth-order valence-corrected chi connectivity index (χ4v) is 11.0. The number of rotatable bonds is 5. The Bertz CT molecular complexity index is 2110. The number of benzene rings is 6. The predicted octanol–water partition coefficient (Wildman–Crippen LogP) is 11.2. The molecule has 0 bridgehead atoms. The Morgan fingerprint density at radius 2 is 0.776 bits per heavy atom. The van der Waals surface area contributed by atoms with Crippen molar-refractivity contribution in [1.29, 1.82) is 0 Å². The maximum absolute atomic E-state index is 2.51. The zero-order valence-corrected chi connectivity index (χ0v) is 32.2. The minimum atomic E-state index is -1.45. The Morgan fingerprint density at radius 1 is 0.388 bits per heavy atom. The van der Waals surface area contributed by atoms with E-state index in [0.717, 1.165) is 0 Å². The van der Waals surface area contributed by atoms with Crippen LogP contribution in [0.25, 0.3) is 11.1 Å². The van der Waals surface area contributed by atoms with Gasteiger partial charge in [0.1, 0.15) is 0 Å². The average Bonchev–Trinajstić information content (AvgIpc) is 3.38. The standard InChI is InChI=1S/C46H47NSi2/c1-45(2)40-17-11-13-19-42(40)46(43-20-14-12-18-41(43)45)39-16-10-9-15-37(39)38-30-25-34(31-44(38)46)47(32-21-26-35(27-22-32)48(3,4)5)33-23-28-36(29-24-33)49(6,7)8/h9-31H,1-8H3. The molecule has 2 aliphatic rings. The van der Waals surface area contributed by atoms with Crippen molar-refractivity contribution in [3.8, 4) is 11.1 Å². The van der Waals surface area contributed by atoms with Crippen LogP contribution in [0.15, 0.2) is 140 Å². The summed E-state index contributed by atoms with van der Waals surface area (Å²) >= 11 is 0. The van der Waals surface area contributed by atoms with Crippen LogP contribution in [0.4, 0.5) is 17.1 Å². The van der Waals surface area contributed by atoms with Crippen LogP contribution in [0.3, 0.4) is 0 Å². The van der Waals surface area contributed by atoms with Crippen LogP contribution < -0.4 is 15.3 Å². The summed E-state index contributed by atoms with van der Waals surface area (Å²) in [6.45, 7) is 19.3. The molecule has 1 nitrogen and oxygen atoms in total. The molecule has 3 heteroatoms. The van der Waals surface area contributed by atoms with Gasteiger partial charge in [-0.2, -0.15) is 0 Å². The molecule has 244 valence electrons. The number of fused-ring (bicyclic) bond motifs is 9. The van der Waals surface area contributed by atoms with Gasteiger partial charge in [0.2, 0.25) is 0 Å². The van der Waals surface area contributed by atoms with Crippen LogP contribution >= 0.6 is 0 Å². The highest BCUT2D eigenvalue weighted by molar-refractivity contribution is 6.89. The Labute approximate surface area is 295 Å². The first-order valence-electron chi connectivity index (χ1n) is 17.8. The van der Waals surface area contributed by atoms with Crippen LogP contribution in [-0.2, 0) is 10.8 Å². The fraction of sp³-hybridized carbons (Fsp3) is 0.217. The first kappa shape index (κ1) is 31.8. The van der Waals surface area contributed by atoms with Crippen LogP contribution in [0.2, 0.25) is 39.3 Å². The smallest absolute Gasteiger partial charge is 0.0775 e. The average molecular weight is 670 g/mol. The van der Waals surface area contributed by atoms with Gasteiger partial charge in [0.05, 0.1) is 21.6 Å². The van der Waals surface area contributed by atoms with Crippen molar-refractivity contribution < 1.29 is 0 Å². The van der Waals surface area contributed by atoms with E-state index in [1.807, 2.05) is 0 Å². The molecule has 0 saturated carbocycles. The molecule has 6 aromatic rings. The largest absolute Gasteiger partial charge is 0.310 e. The maximum atomic E-state index is 2.51. The molecule has 0 fully saturated rings. The van der Waals surface area contributed by atoms with Gasteiger partial charge in [-0.1, -0.05) is 167 Å². The molecule has 0 aliphatic heterocycles. The first-order valence-corrected chi connectivity index (χ1v) is 24.8. The van der Waals surface area contributed by atoms with Crippen molar-refractivity contribution in [3.05, 3.63) is 173 Å². The molecule has 2 aliphatic carbocycles. The van der Waals surface area contributed by atoms with Gasteiger partial charge >= 0.3 is 0 Å². The van der Waals surface area contributed by atoms with Gasteiger partial charge in [0.15, 0.2) is 0 Å². The Balaban J connectivity index is 1.41. The number of nitrogens with zero attached hydrogens (tertiary/aromatic N) is 1. The molecule has 0 N–H and O–H groups in total. The molecule has 1 spiro atoms. The molecule has 0 saturated heterocycles. The molecular weight excluding hydrogens is 623 g/mol. The second kappa shape index (κ2) is 11.0. The molecule has 0 heterocycles. The van der Waals surface area contributed by atoms with E-state index in [1.54, 1.807) is 0 Å². The van der Waals surface area contributed by atoms with Crippen LogP contribution in [0.5, 0.6) is 0 Å². The molecule has 0 radical (unpaired) electrons. The van der Waals surface area contributed by atoms with Crippen LogP contribution in [-0.4, -0.2) is 16.1 Å². The monoisotopic (exact) mass is 669 g/mol. The molecule has 8 rings (SSSR count). The third-order valence-electron chi connectivity index (χ3n) is 11.3. The topological polar surface area (TPSA) is 3.24 Å². The van der Waals surface area contributed by atoms with Crippen molar-refractivity contribution in [2.75, 3.05) is 4.90 Å². The fourth-order valence-electron chi connectivity index (χ4n) is 8.66. The second-order valence-corrected chi connectivity index (χ2v) is 26.8. The van der Waals surface area contributed by atoms with Crippen molar-refractivity contribution in [2.24, 2.45) is 0 Å². The van der Waals surface area contributed by atoms with E-state index in [1.165, 1.54) is 71.9 Å². The van der Waals surface area contributed by atoms with E-state index < -0.39 is 21.6 Å². The minimum Gasteiger partial charge on any atom is -0.310 e. The Hall–Kier alpha value is -4.45. The summed E-state index contributed by atoms with van der Waals surface area (Å²) < 4.78 is 0. The van der Waals surface area contributed by atoms with E-state index in [4.69, 9.17) is 0 Å². The number of anilines is 3. The summed E-state index contributed by atoms with van der Waals surface area (Å²) in [5, 5.41) is 2.96. The van der Waals surface area contributed by atoms with Crippen LogP contribution in [0, 0.1) is 0 Å². The summed E-state index contributed by atoms with van der Waals surface area (Å²) in [7, 11) is -2.90. The van der Waals surface area contributed by atoms with E-state index in [2.05, 4.69) is 198 Å². The summed E-state index contributed by atoms with van der Waals surface area (Å²) in [6.07, 6.45) is 0. The van der Waals surface area contributed by atoms with Crippen LogP contribution in [0.1, 0.15) is 47.2 Å². The predicted molar refractivity (Wildman–Crippen MR) is 217 cm³/mol. The summed E-state index contributed by atoms with van der Waals surface area (Å²) in [4.78, 5) is 2.48. The van der Waals surface area contributed by atoms with E-state index >= 15 is 0 Å². The van der Waals surface area contributed by atoms with E-state index in [0.29, 0.717) is 0 Å². The van der Waals surface area contributed by atoms with E-state index in [-0.39, 0.29) is 5.41 Å². The third-order valence-corrected chi connectivity index (χ3v) is 15.4. The summed E-state index contributed by atoms with van der Waals surface area (Å²) in [6, 6.07) is 53.6. The lowest BCUT2D eigenvalue weighted by Crippen LogP contribution is -2.40. The zero-order chi connectivity index (χ0) is 34.3. The lowest BCUT2D eigenvalue weighted by molar-refractivity contribution is 0.563. The SMILES string of the molecule is CC1(C)c2ccccc2C2(c3ccccc3-c3ccc(N(c4ccc([Si](C)(C)C)cc4)c4ccc([Si](C)(C)C)cc4)cc32)c2ccccc21. The zero-order valence-electron chi connectivity index (χ0n) is 30.2. The number of hydrogen-bond donors (Lipinski definition) is 0. The van der Waals surface area contributed by atoms with Gasteiger partial charge in [-0.15, -0.1) is 0 Å². The molecular formula is C46H47NSi2. The van der Waals surface area contributed by atoms with Crippen molar-refractivity contribution in [1.82, 2.24) is 0 Å². The molecule has 0 amide bonds. The van der Waals surface area contributed by atoms with Crippen molar-refractivity contribution >= 4 is 43.6 Å². The highest BCUT2D eigenvalue weighted by Gasteiger charge is 2.53. The number of hydrogen-bond acceptors (Lipinski definition) is 1. The van der Waals surface area contributed by atoms with E-state index in [9.17, 15) is 0 Å². The normalized spacial score (nSPS) is 15.3. The molecule has 0 aromatic heterocycles. The Morgan fingerprint density at radius 3 is 1.24 bits per heavy atom. The minimum absolute atomic E-state index is 0.115. The Kier molecular flexibility index (Phi) is 7.16. The van der Waals surface area contributed by atoms with Gasteiger partial charge in [0.25, 0.3) is 0 Å². The lowest BCUT2D eigenvalue weighted by Gasteiger charge is -2.46. The lowest BCUT2D eigenvalue weighted by atomic mass is 9.55. The van der Waals surface area contributed by atoms with Gasteiger partial charge in [-0.3, -0.25) is 0 Å². The van der Waals surface area contributed by atoms with Crippen molar-refractivity contribution in [2.45, 2.75) is 64.0 Å². The third kappa shape index (κ3) is 4.77. The molecule has 0 unspecified atom stereocenters. The first-order chi connectivity index (χ1) is 23.3. The van der Waals surface area contributed by atoms with Crippen molar-refractivity contribution in [3.63, 3.8) is 0 Å². The van der Waals surface area contributed by atoms with Gasteiger partial charge < -0.3 is 4.90 Å². The summed E-state index contributed by atoms with van der Waals surface area (Å²) in [5.41, 5.74) is 14.0. The molecule has 49 heavy (non-hydrogen) atoms. The van der Waals surface area contributed by atoms with Gasteiger partial charge in [-0.25, -0.2) is 0 Å². The van der Waals surface area contributed by atoms with Gasteiger partial charge in [-0.05, 0) is 80.9 Å². The highest BCUT2D eigenvalue weighted by Crippen LogP contribution is 2.62. The second-order valence-electron chi connectivity index (χ2n) is 16.7. The molecule has 0 atom stereocenters.